The van der Waals surface area contributed by atoms with Crippen LogP contribution in [0.2, 0.25) is 0 Å². The molecule has 0 aromatic heterocycles. The summed E-state index contributed by atoms with van der Waals surface area (Å²) in [6.07, 6.45) is 7.55. The summed E-state index contributed by atoms with van der Waals surface area (Å²) in [5.74, 6) is 0.627. The van der Waals surface area contributed by atoms with Gasteiger partial charge in [0.2, 0.25) is 11.8 Å². The van der Waals surface area contributed by atoms with E-state index in [0.717, 1.165) is 19.4 Å². The van der Waals surface area contributed by atoms with Gasteiger partial charge in [-0.1, -0.05) is 13.3 Å². The predicted octanol–water partition coefficient (Wildman–Crippen LogP) is 1.69. The van der Waals surface area contributed by atoms with E-state index < -0.39 is 0 Å². The number of hydrogen-bond acceptors (Lipinski definition) is 2. The Bertz CT molecular complexity index is 386. The lowest BCUT2D eigenvalue weighted by Gasteiger charge is -2.28. The normalized spacial score (nSPS) is 29.9. The Morgan fingerprint density at radius 2 is 2.05 bits per heavy atom. The molecule has 2 saturated carbocycles. The Kier molecular flexibility index (Phi) is 3.27. The van der Waals surface area contributed by atoms with Gasteiger partial charge >= 0.3 is 0 Å². The SMILES string of the molecule is CCCC1(CN2CCC(=O)NC(C3CC3)C2=O)CC1. The summed E-state index contributed by atoms with van der Waals surface area (Å²) in [4.78, 5) is 26.3. The molecule has 0 aromatic rings. The maximum absolute atomic E-state index is 12.6. The van der Waals surface area contributed by atoms with Crippen molar-refractivity contribution >= 4 is 11.8 Å². The van der Waals surface area contributed by atoms with E-state index in [-0.39, 0.29) is 17.9 Å². The topological polar surface area (TPSA) is 49.4 Å². The fraction of sp³-hybridized carbons (Fsp3) is 0.867. The summed E-state index contributed by atoms with van der Waals surface area (Å²) in [7, 11) is 0. The van der Waals surface area contributed by atoms with E-state index in [4.69, 9.17) is 0 Å². The average molecular weight is 264 g/mol. The van der Waals surface area contributed by atoms with Gasteiger partial charge in [-0.25, -0.2) is 0 Å². The van der Waals surface area contributed by atoms with Crippen molar-refractivity contribution < 1.29 is 9.59 Å². The second kappa shape index (κ2) is 4.80. The molecule has 1 unspecified atom stereocenters. The van der Waals surface area contributed by atoms with Crippen LogP contribution in [0.4, 0.5) is 0 Å². The van der Waals surface area contributed by atoms with E-state index in [1.54, 1.807) is 0 Å². The van der Waals surface area contributed by atoms with Crippen LogP contribution in [-0.4, -0.2) is 35.8 Å². The van der Waals surface area contributed by atoms with Crippen LogP contribution in [0.5, 0.6) is 0 Å². The number of nitrogens with one attached hydrogen (secondary N) is 1. The molecule has 19 heavy (non-hydrogen) atoms. The van der Waals surface area contributed by atoms with Crippen LogP contribution in [-0.2, 0) is 9.59 Å². The first-order valence-corrected chi connectivity index (χ1v) is 7.72. The van der Waals surface area contributed by atoms with Crippen molar-refractivity contribution in [2.45, 2.75) is 57.9 Å². The van der Waals surface area contributed by atoms with E-state index in [1.165, 1.54) is 25.7 Å². The summed E-state index contributed by atoms with van der Waals surface area (Å²) in [6, 6.07) is -0.229. The number of nitrogens with zero attached hydrogens (tertiary/aromatic N) is 1. The minimum absolute atomic E-state index is 0.0492. The van der Waals surface area contributed by atoms with E-state index in [9.17, 15) is 9.59 Å². The second-order valence-electron chi connectivity index (χ2n) is 6.64. The molecule has 0 bridgehead atoms. The minimum Gasteiger partial charge on any atom is -0.344 e. The van der Waals surface area contributed by atoms with Crippen molar-refractivity contribution in [1.82, 2.24) is 10.2 Å². The Balaban J connectivity index is 1.69. The molecular formula is C15H24N2O2. The van der Waals surface area contributed by atoms with Crippen LogP contribution < -0.4 is 5.32 Å². The third kappa shape index (κ3) is 2.77. The van der Waals surface area contributed by atoms with Gasteiger partial charge in [0.25, 0.3) is 0 Å². The number of rotatable bonds is 5. The zero-order valence-corrected chi connectivity index (χ0v) is 11.8. The quantitative estimate of drug-likeness (QED) is 0.821. The van der Waals surface area contributed by atoms with Crippen molar-refractivity contribution in [3.8, 4) is 0 Å². The van der Waals surface area contributed by atoms with E-state index in [0.29, 0.717) is 24.3 Å². The Hall–Kier alpha value is -1.06. The van der Waals surface area contributed by atoms with Crippen molar-refractivity contribution in [2.75, 3.05) is 13.1 Å². The highest BCUT2D eigenvalue weighted by molar-refractivity contribution is 5.90. The van der Waals surface area contributed by atoms with Crippen LogP contribution in [0.25, 0.3) is 0 Å². The van der Waals surface area contributed by atoms with Gasteiger partial charge in [0.05, 0.1) is 0 Å². The molecule has 2 aliphatic carbocycles. The van der Waals surface area contributed by atoms with Gasteiger partial charge in [-0.05, 0) is 43.4 Å². The standard InChI is InChI=1S/C15H24N2O2/c1-2-6-15(7-8-15)10-17-9-5-12(18)16-13(14(17)19)11-3-4-11/h11,13H,2-10H2,1H3,(H,16,18). The van der Waals surface area contributed by atoms with Gasteiger partial charge in [-0.15, -0.1) is 0 Å². The molecule has 4 nitrogen and oxygen atoms in total. The first-order valence-electron chi connectivity index (χ1n) is 7.72. The monoisotopic (exact) mass is 264 g/mol. The lowest BCUT2D eigenvalue weighted by molar-refractivity contribution is -0.134. The van der Waals surface area contributed by atoms with Gasteiger partial charge in [0, 0.05) is 19.5 Å². The highest BCUT2D eigenvalue weighted by Gasteiger charge is 2.47. The van der Waals surface area contributed by atoms with Gasteiger partial charge in [0.15, 0.2) is 0 Å². The molecule has 3 rings (SSSR count). The number of amides is 2. The summed E-state index contributed by atoms with van der Waals surface area (Å²) in [6.45, 7) is 3.69. The molecule has 1 saturated heterocycles. The van der Waals surface area contributed by atoms with Gasteiger partial charge in [-0.3, -0.25) is 9.59 Å². The summed E-state index contributed by atoms with van der Waals surface area (Å²) in [5, 5.41) is 2.93. The molecule has 0 spiro atoms. The van der Waals surface area contributed by atoms with Gasteiger partial charge in [0.1, 0.15) is 6.04 Å². The first-order chi connectivity index (χ1) is 9.13. The molecule has 1 aliphatic heterocycles. The highest BCUT2D eigenvalue weighted by atomic mass is 16.2. The molecule has 2 amide bonds. The largest absolute Gasteiger partial charge is 0.344 e. The lowest BCUT2D eigenvalue weighted by atomic mass is 9.99. The zero-order valence-electron chi connectivity index (χ0n) is 11.8. The van der Waals surface area contributed by atoms with E-state index in [2.05, 4.69) is 12.2 Å². The van der Waals surface area contributed by atoms with Crippen LogP contribution >= 0.6 is 0 Å². The van der Waals surface area contributed by atoms with E-state index >= 15 is 0 Å². The average Bonchev–Trinajstić information content (AvgIpc) is 3.24. The Labute approximate surface area is 114 Å². The molecule has 3 aliphatic rings. The van der Waals surface area contributed by atoms with Crippen LogP contribution in [0, 0.1) is 11.3 Å². The minimum atomic E-state index is -0.229. The van der Waals surface area contributed by atoms with Crippen molar-refractivity contribution in [3.05, 3.63) is 0 Å². The molecule has 1 heterocycles. The predicted molar refractivity (Wildman–Crippen MR) is 72.4 cm³/mol. The second-order valence-corrected chi connectivity index (χ2v) is 6.64. The highest BCUT2D eigenvalue weighted by Crippen LogP contribution is 2.50. The van der Waals surface area contributed by atoms with Gasteiger partial charge in [-0.2, -0.15) is 0 Å². The van der Waals surface area contributed by atoms with Gasteiger partial charge < -0.3 is 10.2 Å². The molecule has 1 atom stereocenters. The Morgan fingerprint density at radius 1 is 1.32 bits per heavy atom. The number of carbonyl (C=O) groups is 2. The molecule has 0 aromatic carbocycles. The van der Waals surface area contributed by atoms with Crippen LogP contribution in [0.1, 0.15) is 51.9 Å². The Morgan fingerprint density at radius 3 is 2.63 bits per heavy atom. The van der Waals surface area contributed by atoms with Crippen molar-refractivity contribution in [3.63, 3.8) is 0 Å². The van der Waals surface area contributed by atoms with Crippen molar-refractivity contribution in [1.29, 1.82) is 0 Å². The molecule has 4 heteroatoms. The van der Waals surface area contributed by atoms with Crippen LogP contribution in [0.3, 0.4) is 0 Å². The maximum atomic E-state index is 12.6. The molecule has 0 radical (unpaired) electrons. The fourth-order valence-corrected chi connectivity index (χ4v) is 3.36. The number of hydrogen-bond donors (Lipinski definition) is 1. The molecule has 1 N–H and O–H groups in total. The fourth-order valence-electron chi connectivity index (χ4n) is 3.36. The molecular weight excluding hydrogens is 240 g/mol. The maximum Gasteiger partial charge on any atom is 0.245 e. The summed E-state index contributed by atoms with van der Waals surface area (Å²) < 4.78 is 0. The van der Waals surface area contributed by atoms with E-state index in [1.807, 2.05) is 4.90 Å². The third-order valence-corrected chi connectivity index (χ3v) is 4.86. The molecule has 3 fully saturated rings. The zero-order chi connectivity index (χ0) is 13.5. The van der Waals surface area contributed by atoms with Crippen molar-refractivity contribution in [2.24, 2.45) is 11.3 Å². The summed E-state index contributed by atoms with van der Waals surface area (Å²) >= 11 is 0. The number of carbonyl (C=O) groups excluding carboxylic acids is 2. The summed E-state index contributed by atoms with van der Waals surface area (Å²) in [5.41, 5.74) is 0.381. The van der Waals surface area contributed by atoms with Crippen LogP contribution in [0.15, 0.2) is 0 Å². The smallest absolute Gasteiger partial charge is 0.245 e. The lowest BCUT2D eigenvalue weighted by Crippen LogP contribution is -2.47. The third-order valence-electron chi connectivity index (χ3n) is 4.86. The first kappa shape index (κ1) is 12.9. The molecule has 106 valence electrons.